The molecule has 0 aliphatic heterocycles. The smallest absolute Gasteiger partial charge is 0.280 e. The molecule has 0 saturated carbocycles. The van der Waals surface area contributed by atoms with Crippen molar-refractivity contribution in [3.8, 4) is 11.4 Å². The van der Waals surface area contributed by atoms with E-state index < -0.39 is 0 Å². The Kier molecular flexibility index (Phi) is 4.46. The number of H-pyrrole nitrogens is 1. The van der Waals surface area contributed by atoms with Crippen LogP contribution in [0, 0.1) is 6.92 Å². The van der Waals surface area contributed by atoms with Gasteiger partial charge < -0.3 is 5.11 Å². The molecule has 122 valence electrons. The minimum absolute atomic E-state index is 0.0992. The number of phenols is 1. The summed E-state index contributed by atoms with van der Waals surface area (Å²) in [7, 11) is 0. The van der Waals surface area contributed by atoms with Gasteiger partial charge in [0.2, 0.25) is 0 Å². The molecule has 5 nitrogen and oxygen atoms in total. The molecule has 0 atom stereocenters. The van der Waals surface area contributed by atoms with Gasteiger partial charge in [-0.25, -0.2) is 4.68 Å². The Bertz CT molecular complexity index is 975. The van der Waals surface area contributed by atoms with Gasteiger partial charge in [0.05, 0.1) is 16.3 Å². The largest absolute Gasteiger partial charge is 0.504 e. The molecule has 0 fully saturated rings. The van der Waals surface area contributed by atoms with E-state index in [1.165, 1.54) is 23.0 Å². The third-order valence-electron chi connectivity index (χ3n) is 3.47. The van der Waals surface area contributed by atoms with Gasteiger partial charge in [-0.15, -0.1) is 0 Å². The molecule has 0 saturated heterocycles. The quantitative estimate of drug-likeness (QED) is 0.685. The average Bonchev–Trinajstić information content (AvgIpc) is 2.85. The van der Waals surface area contributed by atoms with E-state index in [1.807, 2.05) is 30.3 Å². The van der Waals surface area contributed by atoms with Gasteiger partial charge in [-0.1, -0.05) is 41.4 Å². The Balaban J connectivity index is 2.03. The summed E-state index contributed by atoms with van der Waals surface area (Å²) in [5.74, 6) is -0.186. The molecule has 1 heterocycles. The van der Waals surface area contributed by atoms with E-state index in [-0.39, 0.29) is 22.0 Å². The fraction of sp³-hybridized carbons (Fsp3) is 0.0588. The number of para-hydroxylation sites is 1. The number of hydrogen-bond acceptors (Lipinski definition) is 3. The van der Waals surface area contributed by atoms with Crippen LogP contribution < -0.4 is 5.56 Å². The van der Waals surface area contributed by atoms with Crippen molar-refractivity contribution in [1.82, 2.24) is 9.78 Å². The molecule has 0 bridgehead atoms. The number of nitrogens with one attached hydrogen (secondary N) is 1. The van der Waals surface area contributed by atoms with Gasteiger partial charge in [-0.2, -0.15) is 0 Å². The summed E-state index contributed by atoms with van der Waals surface area (Å²) in [6, 6.07) is 12.1. The number of aliphatic imine (C=N–C) groups is 1. The topological polar surface area (TPSA) is 70.4 Å². The predicted octanol–water partition coefficient (Wildman–Crippen LogP) is 4.24. The molecule has 2 N–H and O–H groups in total. The van der Waals surface area contributed by atoms with Gasteiger partial charge >= 0.3 is 0 Å². The molecule has 0 aliphatic carbocycles. The van der Waals surface area contributed by atoms with Crippen LogP contribution in [0.2, 0.25) is 10.0 Å². The van der Waals surface area contributed by atoms with E-state index in [9.17, 15) is 9.90 Å². The van der Waals surface area contributed by atoms with Gasteiger partial charge in [0.25, 0.3) is 5.56 Å². The van der Waals surface area contributed by atoms with Gasteiger partial charge in [-0.05, 0) is 31.2 Å². The number of hydrogen-bond donors (Lipinski definition) is 2. The lowest BCUT2D eigenvalue weighted by molar-refractivity contribution is 0.477. The molecule has 0 radical (unpaired) electrons. The molecule has 3 rings (SSSR count). The highest BCUT2D eigenvalue weighted by Gasteiger charge is 2.11. The third-order valence-corrected chi connectivity index (χ3v) is 3.98. The van der Waals surface area contributed by atoms with Crippen molar-refractivity contribution in [3.05, 3.63) is 74.1 Å². The maximum absolute atomic E-state index is 12.6. The maximum Gasteiger partial charge on any atom is 0.280 e. The predicted molar refractivity (Wildman–Crippen MR) is 96.5 cm³/mol. The molecule has 24 heavy (non-hydrogen) atoms. The second-order valence-corrected chi connectivity index (χ2v) is 5.98. The highest BCUT2D eigenvalue weighted by Crippen LogP contribution is 2.36. The van der Waals surface area contributed by atoms with E-state index in [1.54, 1.807) is 6.92 Å². The van der Waals surface area contributed by atoms with Crippen LogP contribution in [0.15, 0.2) is 52.3 Å². The molecule has 1 aromatic heterocycles. The Morgan fingerprint density at radius 3 is 2.62 bits per heavy atom. The van der Waals surface area contributed by atoms with Crippen LogP contribution in [-0.2, 0) is 0 Å². The van der Waals surface area contributed by atoms with E-state index in [2.05, 4.69) is 10.1 Å². The Hall–Kier alpha value is -2.50. The Morgan fingerprint density at radius 1 is 1.21 bits per heavy atom. The standard InChI is InChI=1S/C17H13Cl2N3O2/c1-10-13(9-20-15-8-11(18)7-14(19)16(15)23)17(24)22(21-10)12-5-3-2-4-6-12/h2-9,21,23H,1H3. The fourth-order valence-electron chi connectivity index (χ4n) is 2.26. The number of rotatable bonds is 3. The van der Waals surface area contributed by atoms with E-state index in [4.69, 9.17) is 23.2 Å². The van der Waals surface area contributed by atoms with E-state index >= 15 is 0 Å². The van der Waals surface area contributed by atoms with Gasteiger partial charge in [0, 0.05) is 16.9 Å². The van der Waals surface area contributed by atoms with Crippen molar-refractivity contribution < 1.29 is 5.11 Å². The maximum atomic E-state index is 12.6. The molecule has 0 unspecified atom stereocenters. The average molecular weight is 362 g/mol. The molecular formula is C17H13Cl2N3O2. The molecule has 7 heteroatoms. The SMILES string of the molecule is Cc1[nH]n(-c2ccccc2)c(=O)c1C=Nc1cc(Cl)cc(Cl)c1O. The normalized spacial score (nSPS) is 11.3. The number of nitrogens with zero attached hydrogens (tertiary/aromatic N) is 2. The highest BCUT2D eigenvalue weighted by atomic mass is 35.5. The first kappa shape index (κ1) is 16.4. The first-order valence-corrected chi connectivity index (χ1v) is 7.82. The van der Waals surface area contributed by atoms with Crippen LogP contribution in [0.3, 0.4) is 0 Å². The zero-order chi connectivity index (χ0) is 17.3. The van der Waals surface area contributed by atoms with Crippen molar-refractivity contribution in [2.45, 2.75) is 6.92 Å². The summed E-state index contributed by atoms with van der Waals surface area (Å²) in [6.07, 6.45) is 1.38. The monoisotopic (exact) mass is 361 g/mol. The lowest BCUT2D eigenvalue weighted by Crippen LogP contribution is -2.17. The summed E-state index contributed by atoms with van der Waals surface area (Å²) in [6.45, 7) is 1.77. The summed E-state index contributed by atoms with van der Waals surface area (Å²) in [5.41, 5.74) is 1.71. The van der Waals surface area contributed by atoms with E-state index in [0.717, 1.165) is 5.69 Å². The van der Waals surface area contributed by atoms with Crippen LogP contribution in [0.25, 0.3) is 5.69 Å². The fourth-order valence-corrected chi connectivity index (χ4v) is 2.74. The summed E-state index contributed by atoms with van der Waals surface area (Å²) in [4.78, 5) is 16.7. The van der Waals surface area contributed by atoms with E-state index in [0.29, 0.717) is 16.3 Å². The lowest BCUT2D eigenvalue weighted by Gasteiger charge is -2.01. The van der Waals surface area contributed by atoms with Gasteiger partial charge in [0.1, 0.15) is 5.69 Å². The molecule has 0 amide bonds. The van der Waals surface area contributed by atoms with Gasteiger partial charge in [0.15, 0.2) is 5.75 Å². The van der Waals surface area contributed by atoms with Crippen LogP contribution in [0.1, 0.15) is 11.3 Å². The number of benzene rings is 2. The summed E-state index contributed by atoms with van der Waals surface area (Å²) in [5, 5.41) is 13.4. The number of aromatic amines is 1. The molecule has 0 aliphatic rings. The van der Waals surface area contributed by atoms with Crippen LogP contribution in [-0.4, -0.2) is 21.1 Å². The zero-order valence-electron chi connectivity index (χ0n) is 12.6. The second-order valence-electron chi connectivity index (χ2n) is 5.14. The van der Waals surface area contributed by atoms with Crippen LogP contribution in [0.5, 0.6) is 5.75 Å². The third kappa shape index (κ3) is 3.09. The highest BCUT2D eigenvalue weighted by molar-refractivity contribution is 6.36. The zero-order valence-corrected chi connectivity index (χ0v) is 14.1. The number of aromatic hydroxyl groups is 1. The number of halogens is 2. The molecule has 3 aromatic rings. The van der Waals surface area contributed by atoms with Gasteiger partial charge in [-0.3, -0.25) is 14.9 Å². The van der Waals surface area contributed by atoms with Crippen molar-refractivity contribution in [2.75, 3.05) is 0 Å². The second kappa shape index (κ2) is 6.55. The number of aromatic nitrogens is 2. The first-order valence-electron chi connectivity index (χ1n) is 7.06. The lowest BCUT2D eigenvalue weighted by atomic mass is 10.2. The minimum Gasteiger partial charge on any atom is -0.504 e. The van der Waals surface area contributed by atoms with Crippen molar-refractivity contribution in [1.29, 1.82) is 0 Å². The first-order chi connectivity index (χ1) is 11.5. The van der Waals surface area contributed by atoms with Crippen LogP contribution >= 0.6 is 23.2 Å². The van der Waals surface area contributed by atoms with Crippen LogP contribution in [0.4, 0.5) is 5.69 Å². The van der Waals surface area contributed by atoms with Crippen molar-refractivity contribution >= 4 is 35.1 Å². The Morgan fingerprint density at radius 2 is 1.92 bits per heavy atom. The van der Waals surface area contributed by atoms with Crippen molar-refractivity contribution in [3.63, 3.8) is 0 Å². The Labute approximate surface area is 147 Å². The molecular weight excluding hydrogens is 349 g/mol. The minimum atomic E-state index is -0.241. The number of aryl methyl sites for hydroxylation is 1. The summed E-state index contributed by atoms with van der Waals surface area (Å²) >= 11 is 11.8. The summed E-state index contributed by atoms with van der Waals surface area (Å²) < 4.78 is 1.43. The molecule has 2 aromatic carbocycles. The molecule has 0 spiro atoms. The number of phenolic OH excluding ortho intramolecular Hbond substituents is 1. The van der Waals surface area contributed by atoms with Crippen molar-refractivity contribution in [2.24, 2.45) is 4.99 Å².